The van der Waals surface area contributed by atoms with Gasteiger partial charge >= 0.3 is 0 Å². The molecule has 0 saturated heterocycles. The molecule has 0 fully saturated rings. The molecule has 0 spiro atoms. The second-order valence-electron chi connectivity index (χ2n) is 6.52. The number of methoxy groups -OCH3 is 1. The topological polar surface area (TPSA) is 75.2 Å². The van der Waals surface area contributed by atoms with Crippen molar-refractivity contribution < 1.29 is 9.84 Å². The van der Waals surface area contributed by atoms with Crippen LogP contribution in [0.15, 0.2) is 16.9 Å². The number of benzene rings is 1. The third-order valence-electron chi connectivity index (χ3n) is 4.85. The second kappa shape index (κ2) is 6.93. The lowest BCUT2D eigenvalue weighted by Crippen LogP contribution is -2.10. The van der Waals surface area contributed by atoms with E-state index in [2.05, 4.69) is 9.97 Å². The maximum atomic E-state index is 12.8. The summed E-state index contributed by atoms with van der Waals surface area (Å²) in [6.45, 7) is 0. The lowest BCUT2D eigenvalue weighted by molar-refractivity contribution is 0.374. The van der Waals surface area contributed by atoms with Gasteiger partial charge in [0.05, 0.1) is 17.5 Å². The van der Waals surface area contributed by atoms with E-state index >= 15 is 0 Å². The molecule has 1 aromatic carbocycles. The van der Waals surface area contributed by atoms with Crippen LogP contribution in [-0.4, -0.2) is 22.2 Å². The minimum atomic E-state index is -0.125. The average molecular weight is 391 g/mol. The fourth-order valence-corrected chi connectivity index (χ4v) is 4.99. The monoisotopic (exact) mass is 390 g/mol. The van der Waals surface area contributed by atoms with Crippen molar-refractivity contribution in [2.24, 2.45) is 0 Å². The number of aromatic hydroxyl groups is 1. The van der Waals surface area contributed by atoms with Crippen molar-refractivity contribution >= 4 is 33.2 Å². The zero-order chi connectivity index (χ0) is 18.3. The van der Waals surface area contributed by atoms with Crippen molar-refractivity contribution in [3.8, 4) is 22.9 Å². The average Bonchev–Trinajstić information content (AvgIpc) is 2.94. The number of H-pyrrole nitrogens is 1. The van der Waals surface area contributed by atoms with Gasteiger partial charge in [0.25, 0.3) is 5.56 Å². The Morgan fingerprint density at radius 3 is 2.77 bits per heavy atom. The van der Waals surface area contributed by atoms with E-state index in [0.29, 0.717) is 11.4 Å². The van der Waals surface area contributed by atoms with Gasteiger partial charge in [0.1, 0.15) is 10.7 Å². The molecule has 2 heterocycles. The van der Waals surface area contributed by atoms with Gasteiger partial charge in [0.2, 0.25) is 0 Å². The Bertz CT molecular complexity index is 1040. The number of phenolic OH excluding ortho intramolecular Hbond substituents is 1. The molecule has 2 aromatic heterocycles. The summed E-state index contributed by atoms with van der Waals surface area (Å²) in [4.78, 5) is 22.4. The molecular weight excluding hydrogens is 372 g/mol. The van der Waals surface area contributed by atoms with Crippen molar-refractivity contribution in [3.05, 3.63) is 37.9 Å². The van der Waals surface area contributed by atoms with E-state index in [1.54, 1.807) is 23.5 Å². The predicted octanol–water partition coefficient (Wildman–Crippen LogP) is 4.68. The first-order valence-electron chi connectivity index (χ1n) is 8.70. The number of fused-ring (bicyclic) bond motifs is 3. The molecule has 5 nitrogen and oxygen atoms in total. The van der Waals surface area contributed by atoms with Crippen LogP contribution in [0.3, 0.4) is 0 Å². The molecule has 7 heteroatoms. The highest BCUT2D eigenvalue weighted by Crippen LogP contribution is 2.38. The van der Waals surface area contributed by atoms with Crippen LogP contribution >= 0.6 is 22.9 Å². The van der Waals surface area contributed by atoms with Gasteiger partial charge < -0.3 is 14.8 Å². The standard InChI is InChI=1S/C19H19ClN2O3S/c1-25-13-9-10(8-12(20)16(13)23)17-21-18(24)15-11-6-4-2-3-5-7-14(11)26-19(15)22-17/h8-9,23H,2-7H2,1H3,(H,21,22,24). The SMILES string of the molecule is COc1cc(-c2nc3sc4c(c3c(=O)[nH]2)CCCCCC4)cc(Cl)c1O. The summed E-state index contributed by atoms with van der Waals surface area (Å²) in [6.07, 6.45) is 6.70. The van der Waals surface area contributed by atoms with Crippen LogP contribution < -0.4 is 10.3 Å². The molecule has 1 aliphatic carbocycles. The fraction of sp³-hybridized carbons (Fsp3) is 0.368. The van der Waals surface area contributed by atoms with Crippen molar-refractivity contribution in [2.45, 2.75) is 38.5 Å². The van der Waals surface area contributed by atoms with Crippen LogP contribution in [0.25, 0.3) is 21.6 Å². The van der Waals surface area contributed by atoms with Crippen LogP contribution in [0.4, 0.5) is 0 Å². The third-order valence-corrected chi connectivity index (χ3v) is 6.32. The first-order valence-corrected chi connectivity index (χ1v) is 9.89. The van der Waals surface area contributed by atoms with Crippen molar-refractivity contribution in [2.75, 3.05) is 7.11 Å². The van der Waals surface area contributed by atoms with Crippen molar-refractivity contribution in [1.82, 2.24) is 9.97 Å². The molecule has 0 radical (unpaired) electrons. The number of rotatable bonds is 2. The Labute approximate surface area is 159 Å². The summed E-state index contributed by atoms with van der Waals surface area (Å²) in [6, 6.07) is 3.20. The Kier molecular flexibility index (Phi) is 4.63. The Balaban J connectivity index is 1.88. The maximum absolute atomic E-state index is 12.8. The van der Waals surface area contributed by atoms with Gasteiger partial charge in [-0.15, -0.1) is 11.3 Å². The molecule has 1 aliphatic rings. The fourth-order valence-electron chi connectivity index (χ4n) is 3.52. The molecule has 2 N–H and O–H groups in total. The number of nitrogens with zero attached hydrogens (tertiary/aromatic N) is 1. The summed E-state index contributed by atoms with van der Waals surface area (Å²) >= 11 is 7.70. The zero-order valence-corrected chi connectivity index (χ0v) is 16.0. The first-order chi connectivity index (χ1) is 12.6. The molecule has 0 atom stereocenters. The summed E-state index contributed by atoms with van der Waals surface area (Å²) in [5.41, 5.74) is 1.65. The van der Waals surface area contributed by atoms with E-state index < -0.39 is 0 Å². The number of aromatic amines is 1. The summed E-state index contributed by atoms with van der Waals surface area (Å²) < 4.78 is 5.15. The van der Waals surface area contributed by atoms with E-state index in [1.807, 2.05) is 0 Å². The number of hydrogen-bond acceptors (Lipinski definition) is 5. The highest BCUT2D eigenvalue weighted by molar-refractivity contribution is 7.18. The maximum Gasteiger partial charge on any atom is 0.260 e. The first kappa shape index (κ1) is 17.4. The van der Waals surface area contributed by atoms with Crippen LogP contribution in [0.2, 0.25) is 5.02 Å². The lowest BCUT2D eigenvalue weighted by Gasteiger charge is -2.09. The van der Waals surface area contributed by atoms with Gasteiger partial charge in [-0.3, -0.25) is 4.79 Å². The largest absolute Gasteiger partial charge is 0.503 e. The number of ether oxygens (including phenoxy) is 1. The van der Waals surface area contributed by atoms with Crippen molar-refractivity contribution in [1.29, 1.82) is 0 Å². The number of phenols is 1. The molecular formula is C19H19ClN2O3S. The molecule has 0 amide bonds. The van der Waals surface area contributed by atoms with E-state index in [4.69, 9.17) is 16.3 Å². The lowest BCUT2D eigenvalue weighted by atomic mass is 9.98. The Hall–Kier alpha value is -2.05. The Morgan fingerprint density at radius 2 is 2.00 bits per heavy atom. The van der Waals surface area contributed by atoms with Gasteiger partial charge in [-0.05, 0) is 43.4 Å². The normalized spacial score (nSPS) is 14.7. The molecule has 26 heavy (non-hydrogen) atoms. The highest BCUT2D eigenvalue weighted by atomic mass is 35.5. The second-order valence-corrected chi connectivity index (χ2v) is 8.01. The number of aromatic nitrogens is 2. The summed E-state index contributed by atoms with van der Waals surface area (Å²) in [7, 11) is 1.45. The molecule has 3 aromatic rings. The minimum absolute atomic E-state index is 0.119. The third kappa shape index (κ3) is 2.97. The number of thiophene rings is 1. The number of nitrogens with one attached hydrogen (secondary N) is 1. The molecule has 0 saturated carbocycles. The highest BCUT2D eigenvalue weighted by Gasteiger charge is 2.19. The number of hydrogen-bond donors (Lipinski definition) is 2. The Morgan fingerprint density at radius 1 is 1.23 bits per heavy atom. The van der Waals surface area contributed by atoms with Crippen LogP contribution in [0, 0.1) is 0 Å². The van der Waals surface area contributed by atoms with Gasteiger partial charge in [0, 0.05) is 10.4 Å². The van der Waals surface area contributed by atoms with Crippen molar-refractivity contribution in [3.63, 3.8) is 0 Å². The van der Waals surface area contributed by atoms with E-state index in [-0.39, 0.29) is 22.1 Å². The quantitative estimate of drug-likeness (QED) is 0.666. The van der Waals surface area contributed by atoms with Gasteiger partial charge in [-0.25, -0.2) is 4.98 Å². The van der Waals surface area contributed by atoms with E-state index in [0.717, 1.165) is 35.9 Å². The van der Waals surface area contributed by atoms with E-state index in [9.17, 15) is 9.90 Å². The molecule has 0 bridgehead atoms. The summed E-state index contributed by atoms with van der Waals surface area (Å²) in [5.74, 6) is 0.547. The zero-order valence-electron chi connectivity index (χ0n) is 14.4. The van der Waals surface area contributed by atoms with Crippen LogP contribution in [0.5, 0.6) is 11.5 Å². The predicted molar refractivity (Wildman–Crippen MR) is 105 cm³/mol. The molecule has 0 aliphatic heterocycles. The molecule has 4 rings (SSSR count). The van der Waals surface area contributed by atoms with Gasteiger partial charge in [0.15, 0.2) is 11.5 Å². The smallest absolute Gasteiger partial charge is 0.260 e. The number of halogens is 1. The molecule has 0 unspecified atom stereocenters. The van der Waals surface area contributed by atoms with Gasteiger partial charge in [-0.1, -0.05) is 24.4 Å². The van der Waals surface area contributed by atoms with Gasteiger partial charge in [-0.2, -0.15) is 0 Å². The molecule has 136 valence electrons. The van der Waals surface area contributed by atoms with Crippen LogP contribution in [-0.2, 0) is 12.8 Å². The van der Waals surface area contributed by atoms with E-state index in [1.165, 1.54) is 30.4 Å². The van der Waals surface area contributed by atoms with Crippen LogP contribution in [0.1, 0.15) is 36.1 Å². The number of aryl methyl sites for hydroxylation is 2. The summed E-state index contributed by atoms with van der Waals surface area (Å²) in [5, 5.41) is 10.8. The minimum Gasteiger partial charge on any atom is -0.503 e.